The number of rotatable bonds is 10. The summed E-state index contributed by atoms with van der Waals surface area (Å²) in [6, 6.07) is 6.36. The van der Waals surface area contributed by atoms with E-state index in [0.29, 0.717) is 12.2 Å². The van der Waals surface area contributed by atoms with Gasteiger partial charge in [-0.25, -0.2) is 0 Å². The van der Waals surface area contributed by atoms with Gasteiger partial charge < -0.3 is 4.74 Å². The van der Waals surface area contributed by atoms with E-state index in [2.05, 4.69) is 25.1 Å². The molecule has 2 rings (SSSR count). The molecule has 0 saturated heterocycles. The predicted molar refractivity (Wildman–Crippen MR) is 87.0 cm³/mol. The molecule has 0 aromatic heterocycles. The summed E-state index contributed by atoms with van der Waals surface area (Å²) in [6.45, 7) is 3.03. The van der Waals surface area contributed by atoms with Crippen LogP contribution in [0.4, 0.5) is 0 Å². The van der Waals surface area contributed by atoms with E-state index in [0.717, 1.165) is 38.0 Å². The lowest BCUT2D eigenvalue weighted by Gasteiger charge is -2.04. The zero-order valence-electron chi connectivity index (χ0n) is 13.3. The minimum absolute atomic E-state index is 0.419. The molecule has 116 valence electrons. The second-order valence-corrected chi connectivity index (χ2v) is 6.10. The molecule has 1 heterocycles. The number of hydrogen-bond acceptors (Lipinski definition) is 2. The molecule has 1 aromatic rings. The molecule has 0 amide bonds. The summed E-state index contributed by atoms with van der Waals surface area (Å²) in [5, 5.41) is 0. The highest BCUT2D eigenvalue weighted by Gasteiger charge is 2.12. The summed E-state index contributed by atoms with van der Waals surface area (Å²) in [5.41, 5.74) is 2.58. The zero-order valence-corrected chi connectivity index (χ0v) is 13.3. The van der Waals surface area contributed by atoms with Gasteiger partial charge in [0.2, 0.25) is 0 Å². The van der Waals surface area contributed by atoms with Crippen LogP contribution < -0.4 is 4.74 Å². The zero-order chi connectivity index (χ0) is 14.9. The van der Waals surface area contributed by atoms with Crippen LogP contribution >= 0.6 is 0 Å². The Morgan fingerprint density at radius 3 is 2.76 bits per heavy atom. The minimum Gasteiger partial charge on any atom is -0.493 e. The molecule has 0 radical (unpaired) electrons. The number of carbonyl (C=O) groups excluding carboxylic acids is 1. The Bertz CT molecular complexity index is 451. The van der Waals surface area contributed by atoms with Crippen LogP contribution in [0.15, 0.2) is 18.2 Å². The first-order valence-electron chi connectivity index (χ1n) is 8.56. The quantitative estimate of drug-likeness (QED) is 0.574. The number of ether oxygens (including phenoxy) is 1. The Kier molecular flexibility index (Phi) is 6.78. The fourth-order valence-electron chi connectivity index (χ4n) is 2.91. The van der Waals surface area contributed by atoms with Crippen molar-refractivity contribution >= 4 is 5.78 Å². The maximum absolute atomic E-state index is 11.9. The lowest BCUT2D eigenvalue weighted by molar-refractivity contribution is -0.119. The van der Waals surface area contributed by atoms with Crippen molar-refractivity contribution < 1.29 is 9.53 Å². The van der Waals surface area contributed by atoms with Gasteiger partial charge in [0.1, 0.15) is 11.5 Å². The van der Waals surface area contributed by atoms with Crippen LogP contribution in [0.5, 0.6) is 5.75 Å². The second-order valence-electron chi connectivity index (χ2n) is 6.10. The van der Waals surface area contributed by atoms with Crippen molar-refractivity contribution in [2.75, 3.05) is 6.61 Å². The SMILES string of the molecule is CCCCCCCCC(=O)CCc1ccc2c(c1)CCO2. The van der Waals surface area contributed by atoms with Gasteiger partial charge in [-0.1, -0.05) is 51.2 Å². The van der Waals surface area contributed by atoms with Gasteiger partial charge in [-0.3, -0.25) is 4.79 Å². The average Bonchev–Trinajstić information content (AvgIpc) is 2.96. The van der Waals surface area contributed by atoms with E-state index in [4.69, 9.17) is 4.74 Å². The van der Waals surface area contributed by atoms with E-state index in [9.17, 15) is 4.79 Å². The molecule has 1 aromatic carbocycles. The minimum atomic E-state index is 0.419. The molecule has 0 fully saturated rings. The van der Waals surface area contributed by atoms with Crippen molar-refractivity contribution in [3.05, 3.63) is 29.3 Å². The smallest absolute Gasteiger partial charge is 0.133 e. The average molecular weight is 288 g/mol. The van der Waals surface area contributed by atoms with Gasteiger partial charge in [-0.2, -0.15) is 0 Å². The number of unbranched alkanes of at least 4 members (excludes halogenated alkanes) is 5. The molecule has 0 spiro atoms. The van der Waals surface area contributed by atoms with Crippen molar-refractivity contribution in [3.63, 3.8) is 0 Å². The summed E-state index contributed by atoms with van der Waals surface area (Å²) in [7, 11) is 0. The summed E-state index contributed by atoms with van der Waals surface area (Å²) in [4.78, 5) is 11.9. The van der Waals surface area contributed by atoms with E-state index in [1.807, 2.05) is 0 Å². The van der Waals surface area contributed by atoms with Crippen LogP contribution in [0, 0.1) is 0 Å². The highest BCUT2D eigenvalue weighted by molar-refractivity contribution is 5.78. The van der Waals surface area contributed by atoms with Gasteiger partial charge in [0.25, 0.3) is 0 Å². The van der Waals surface area contributed by atoms with Crippen LogP contribution in [0.2, 0.25) is 0 Å². The van der Waals surface area contributed by atoms with E-state index in [1.54, 1.807) is 0 Å². The Morgan fingerprint density at radius 1 is 1.10 bits per heavy atom. The fraction of sp³-hybridized carbons (Fsp3) is 0.632. The summed E-state index contributed by atoms with van der Waals surface area (Å²) in [5.74, 6) is 1.44. The number of fused-ring (bicyclic) bond motifs is 1. The van der Waals surface area contributed by atoms with Crippen molar-refractivity contribution in [1.29, 1.82) is 0 Å². The largest absolute Gasteiger partial charge is 0.493 e. The van der Waals surface area contributed by atoms with E-state index >= 15 is 0 Å². The number of benzene rings is 1. The van der Waals surface area contributed by atoms with Gasteiger partial charge in [0, 0.05) is 19.3 Å². The fourth-order valence-corrected chi connectivity index (χ4v) is 2.91. The van der Waals surface area contributed by atoms with Gasteiger partial charge in [-0.05, 0) is 30.0 Å². The number of hydrogen-bond donors (Lipinski definition) is 0. The molecule has 1 aliphatic rings. The lowest BCUT2D eigenvalue weighted by atomic mass is 10.0. The number of carbonyl (C=O) groups is 1. The van der Waals surface area contributed by atoms with E-state index < -0.39 is 0 Å². The molecule has 1 aliphatic heterocycles. The maximum atomic E-state index is 11.9. The van der Waals surface area contributed by atoms with Crippen molar-refractivity contribution in [3.8, 4) is 5.75 Å². The Morgan fingerprint density at radius 2 is 1.90 bits per heavy atom. The van der Waals surface area contributed by atoms with Crippen LogP contribution in [-0.2, 0) is 17.6 Å². The molecule has 2 heteroatoms. The van der Waals surface area contributed by atoms with Gasteiger partial charge in [0.15, 0.2) is 0 Å². The van der Waals surface area contributed by atoms with Crippen molar-refractivity contribution in [1.82, 2.24) is 0 Å². The van der Waals surface area contributed by atoms with Crippen LogP contribution in [0.3, 0.4) is 0 Å². The summed E-state index contributed by atoms with van der Waals surface area (Å²) >= 11 is 0. The highest BCUT2D eigenvalue weighted by Crippen LogP contribution is 2.26. The third-order valence-corrected chi connectivity index (χ3v) is 4.26. The second kappa shape index (κ2) is 8.86. The molecular formula is C19H28O2. The normalized spacial score (nSPS) is 13.0. The molecule has 0 unspecified atom stereocenters. The molecule has 21 heavy (non-hydrogen) atoms. The number of ketones is 1. The summed E-state index contributed by atoms with van der Waals surface area (Å²) in [6.07, 6.45) is 10.8. The molecule has 0 N–H and O–H groups in total. The first kappa shape index (κ1) is 16.1. The Labute approximate surface area is 128 Å². The third-order valence-electron chi connectivity index (χ3n) is 4.26. The van der Waals surface area contributed by atoms with Crippen LogP contribution in [0.25, 0.3) is 0 Å². The monoisotopic (exact) mass is 288 g/mol. The van der Waals surface area contributed by atoms with Crippen LogP contribution in [0.1, 0.15) is 69.4 Å². The maximum Gasteiger partial charge on any atom is 0.133 e. The standard InChI is InChI=1S/C19H28O2/c1-2-3-4-5-6-7-8-18(20)11-9-16-10-12-19-17(15-16)13-14-21-19/h10,12,15H,2-9,11,13-14H2,1H3. The molecule has 2 nitrogen and oxygen atoms in total. The van der Waals surface area contributed by atoms with Gasteiger partial charge in [0.05, 0.1) is 6.61 Å². The first-order chi connectivity index (χ1) is 10.3. The molecular weight excluding hydrogens is 260 g/mol. The van der Waals surface area contributed by atoms with Crippen molar-refractivity contribution in [2.45, 2.75) is 71.1 Å². The topological polar surface area (TPSA) is 26.3 Å². The van der Waals surface area contributed by atoms with Gasteiger partial charge in [-0.15, -0.1) is 0 Å². The molecule has 0 saturated carbocycles. The predicted octanol–water partition coefficient (Wildman–Crippen LogP) is 4.87. The Hall–Kier alpha value is -1.31. The summed E-state index contributed by atoms with van der Waals surface area (Å²) < 4.78 is 5.51. The third kappa shape index (κ3) is 5.53. The number of Topliss-reactive ketones (excluding diaryl/α,β-unsaturated/α-hetero) is 1. The van der Waals surface area contributed by atoms with Crippen molar-refractivity contribution in [2.24, 2.45) is 0 Å². The first-order valence-corrected chi connectivity index (χ1v) is 8.56. The van der Waals surface area contributed by atoms with E-state index in [-0.39, 0.29) is 0 Å². The molecule has 0 bridgehead atoms. The van der Waals surface area contributed by atoms with Gasteiger partial charge >= 0.3 is 0 Å². The Balaban J connectivity index is 1.60. The van der Waals surface area contributed by atoms with E-state index in [1.165, 1.54) is 43.2 Å². The molecule has 0 aliphatic carbocycles. The lowest BCUT2D eigenvalue weighted by Crippen LogP contribution is -2.00. The highest BCUT2D eigenvalue weighted by atomic mass is 16.5. The molecule has 0 atom stereocenters. The number of aryl methyl sites for hydroxylation is 1. The van der Waals surface area contributed by atoms with Crippen LogP contribution in [-0.4, -0.2) is 12.4 Å².